The molecule has 0 spiro atoms. The molecule has 1 fully saturated rings. The zero-order valence-electron chi connectivity index (χ0n) is 17.5. The number of pyridine rings is 1. The Hall–Kier alpha value is -2.92. The summed E-state index contributed by atoms with van der Waals surface area (Å²) in [5, 5.41) is 9.71. The number of carbonyl (C=O) groups excluding carboxylic acids is 1. The topological polar surface area (TPSA) is 148 Å². The first-order valence-corrected chi connectivity index (χ1v) is 12.2. The van der Waals surface area contributed by atoms with Crippen LogP contribution in [0, 0.1) is 0 Å². The molecular formula is C22H22ClN5O4S. The van der Waals surface area contributed by atoms with Crippen LogP contribution >= 0.6 is 11.6 Å². The molecule has 0 radical (unpaired) electrons. The van der Waals surface area contributed by atoms with Gasteiger partial charge in [-0.05, 0) is 49.9 Å². The summed E-state index contributed by atoms with van der Waals surface area (Å²) in [5.74, 6) is -0.492. The molecular weight excluding hydrogens is 466 g/mol. The molecule has 1 aliphatic rings. The van der Waals surface area contributed by atoms with Gasteiger partial charge in [-0.2, -0.15) is 0 Å². The number of carbonyl (C=O) groups is 1. The van der Waals surface area contributed by atoms with Crippen molar-refractivity contribution >= 4 is 33.2 Å². The van der Waals surface area contributed by atoms with Crippen LogP contribution in [0.3, 0.4) is 0 Å². The van der Waals surface area contributed by atoms with Gasteiger partial charge in [0.15, 0.2) is 11.5 Å². The SMILES string of the molecule is Nc1ncc(-c2ccc(Cl)c(S(=O)(=O)NC3CCC(O)CC3)c2)nc1C(=O)c1cccnc1. The minimum atomic E-state index is -3.93. The third kappa shape index (κ3) is 5.19. The lowest BCUT2D eigenvalue weighted by atomic mass is 9.94. The van der Waals surface area contributed by atoms with Crippen LogP contribution in [0.5, 0.6) is 0 Å². The number of nitrogens with one attached hydrogen (secondary N) is 1. The van der Waals surface area contributed by atoms with E-state index < -0.39 is 21.9 Å². The van der Waals surface area contributed by atoms with E-state index in [2.05, 4.69) is 19.7 Å². The Morgan fingerprint density at radius 2 is 1.91 bits per heavy atom. The maximum absolute atomic E-state index is 13.0. The number of rotatable bonds is 6. The van der Waals surface area contributed by atoms with E-state index in [1.165, 1.54) is 24.5 Å². The number of aliphatic hydroxyl groups excluding tert-OH is 1. The number of ketones is 1. The maximum atomic E-state index is 13.0. The van der Waals surface area contributed by atoms with Crippen LogP contribution in [-0.4, -0.2) is 46.4 Å². The van der Waals surface area contributed by atoms with Crippen molar-refractivity contribution < 1.29 is 18.3 Å². The highest BCUT2D eigenvalue weighted by Gasteiger charge is 2.27. The second-order valence-corrected chi connectivity index (χ2v) is 9.92. The standard InChI is InChI=1S/C22H22ClN5O4S/c23-17-8-3-13(10-19(17)33(31,32)28-15-4-6-16(29)7-5-15)18-12-26-22(24)20(27-18)21(30)14-2-1-9-25-11-14/h1-3,8-12,15-16,28-29H,4-7H2,(H2,24,26). The van der Waals surface area contributed by atoms with E-state index in [9.17, 15) is 18.3 Å². The van der Waals surface area contributed by atoms with Crippen LogP contribution in [0.15, 0.2) is 53.8 Å². The number of sulfonamides is 1. The minimum absolute atomic E-state index is 0.0458. The van der Waals surface area contributed by atoms with Gasteiger partial charge in [0.05, 0.1) is 23.0 Å². The van der Waals surface area contributed by atoms with Crippen LogP contribution < -0.4 is 10.5 Å². The molecule has 0 amide bonds. The van der Waals surface area contributed by atoms with Crippen LogP contribution in [0.1, 0.15) is 41.7 Å². The number of hydrogen-bond acceptors (Lipinski definition) is 8. The van der Waals surface area contributed by atoms with E-state index in [-0.39, 0.29) is 33.2 Å². The molecule has 1 saturated carbocycles. The first-order valence-electron chi connectivity index (χ1n) is 10.3. The molecule has 2 aromatic heterocycles. The average molecular weight is 488 g/mol. The zero-order valence-corrected chi connectivity index (χ0v) is 19.1. The number of benzene rings is 1. The Labute approximate surface area is 196 Å². The summed E-state index contributed by atoms with van der Waals surface area (Å²) in [6.07, 6.45) is 6.07. The van der Waals surface area contributed by atoms with Gasteiger partial charge in [0, 0.05) is 29.6 Å². The van der Waals surface area contributed by atoms with Gasteiger partial charge in [-0.3, -0.25) is 9.78 Å². The molecule has 172 valence electrons. The number of aliphatic hydroxyl groups is 1. The molecule has 4 N–H and O–H groups in total. The Morgan fingerprint density at radius 3 is 2.61 bits per heavy atom. The molecule has 0 aliphatic heterocycles. The van der Waals surface area contributed by atoms with E-state index in [4.69, 9.17) is 17.3 Å². The summed E-state index contributed by atoms with van der Waals surface area (Å²) >= 11 is 6.22. The highest BCUT2D eigenvalue weighted by atomic mass is 35.5. The quantitative estimate of drug-likeness (QED) is 0.449. The van der Waals surface area contributed by atoms with Gasteiger partial charge >= 0.3 is 0 Å². The average Bonchev–Trinajstić information content (AvgIpc) is 2.81. The number of halogens is 1. The highest BCUT2D eigenvalue weighted by Crippen LogP contribution is 2.29. The fourth-order valence-electron chi connectivity index (χ4n) is 3.68. The molecule has 0 bridgehead atoms. The first kappa shape index (κ1) is 23.2. The van der Waals surface area contributed by atoms with Crippen molar-refractivity contribution in [3.8, 4) is 11.3 Å². The summed E-state index contributed by atoms with van der Waals surface area (Å²) < 4.78 is 28.7. The van der Waals surface area contributed by atoms with E-state index in [1.54, 1.807) is 24.4 Å². The number of nitrogen functional groups attached to an aromatic ring is 1. The molecule has 9 nitrogen and oxygen atoms in total. The van der Waals surface area contributed by atoms with Gasteiger partial charge in [0.2, 0.25) is 15.8 Å². The van der Waals surface area contributed by atoms with Gasteiger partial charge in [0.25, 0.3) is 0 Å². The van der Waals surface area contributed by atoms with E-state index in [0.717, 1.165) is 0 Å². The number of aromatic nitrogens is 3. The molecule has 11 heteroatoms. The fraction of sp³-hybridized carbons (Fsp3) is 0.273. The van der Waals surface area contributed by atoms with Crippen molar-refractivity contribution in [1.82, 2.24) is 19.7 Å². The van der Waals surface area contributed by atoms with Crippen LogP contribution in [-0.2, 0) is 10.0 Å². The highest BCUT2D eigenvalue weighted by molar-refractivity contribution is 7.89. The molecule has 4 rings (SSSR count). The number of anilines is 1. The summed E-state index contributed by atoms with van der Waals surface area (Å²) in [4.78, 5) is 25.0. The molecule has 3 aromatic rings. The summed E-state index contributed by atoms with van der Waals surface area (Å²) in [6.45, 7) is 0. The Kier molecular flexibility index (Phi) is 6.71. The lowest BCUT2D eigenvalue weighted by Gasteiger charge is -2.26. The molecule has 1 aliphatic carbocycles. The number of nitrogens with zero attached hydrogens (tertiary/aromatic N) is 3. The minimum Gasteiger partial charge on any atom is -0.393 e. The van der Waals surface area contributed by atoms with Gasteiger partial charge in [-0.15, -0.1) is 0 Å². The molecule has 2 heterocycles. The largest absolute Gasteiger partial charge is 0.393 e. The van der Waals surface area contributed by atoms with Crippen molar-refractivity contribution in [2.45, 2.75) is 42.7 Å². The Bertz CT molecular complexity index is 1280. The predicted molar refractivity (Wildman–Crippen MR) is 123 cm³/mol. The van der Waals surface area contributed by atoms with Gasteiger partial charge < -0.3 is 10.8 Å². The van der Waals surface area contributed by atoms with Crippen LogP contribution in [0.25, 0.3) is 11.3 Å². The van der Waals surface area contributed by atoms with E-state index >= 15 is 0 Å². The summed E-state index contributed by atoms with van der Waals surface area (Å²) in [5.41, 5.74) is 6.81. The number of hydrogen-bond donors (Lipinski definition) is 3. The van der Waals surface area contributed by atoms with Crippen molar-refractivity contribution in [2.75, 3.05) is 5.73 Å². The molecule has 0 saturated heterocycles. The van der Waals surface area contributed by atoms with Crippen molar-refractivity contribution in [2.24, 2.45) is 0 Å². The third-order valence-electron chi connectivity index (χ3n) is 5.47. The lowest BCUT2D eigenvalue weighted by molar-refractivity contribution is 0.103. The summed E-state index contributed by atoms with van der Waals surface area (Å²) in [6, 6.07) is 7.37. The van der Waals surface area contributed by atoms with Crippen molar-refractivity contribution in [3.05, 3.63) is 65.2 Å². The van der Waals surface area contributed by atoms with Gasteiger partial charge in [0.1, 0.15) is 4.90 Å². The monoisotopic (exact) mass is 487 g/mol. The maximum Gasteiger partial charge on any atom is 0.242 e. The molecule has 0 atom stereocenters. The van der Waals surface area contributed by atoms with Crippen LogP contribution in [0.4, 0.5) is 5.82 Å². The lowest BCUT2D eigenvalue weighted by Crippen LogP contribution is -2.38. The molecule has 33 heavy (non-hydrogen) atoms. The van der Waals surface area contributed by atoms with Crippen LogP contribution in [0.2, 0.25) is 5.02 Å². The Morgan fingerprint density at radius 1 is 1.15 bits per heavy atom. The molecule has 0 unspecified atom stereocenters. The third-order valence-corrected chi connectivity index (χ3v) is 7.48. The molecule has 1 aromatic carbocycles. The number of nitrogens with two attached hydrogens (primary N) is 1. The van der Waals surface area contributed by atoms with Gasteiger partial charge in [-0.25, -0.2) is 23.1 Å². The zero-order chi connectivity index (χ0) is 23.6. The van der Waals surface area contributed by atoms with Crippen molar-refractivity contribution in [1.29, 1.82) is 0 Å². The normalized spacial score (nSPS) is 18.7. The van der Waals surface area contributed by atoms with Crippen molar-refractivity contribution in [3.63, 3.8) is 0 Å². The first-order chi connectivity index (χ1) is 15.7. The predicted octanol–water partition coefficient (Wildman–Crippen LogP) is 2.59. The second-order valence-electron chi connectivity index (χ2n) is 7.83. The van der Waals surface area contributed by atoms with Gasteiger partial charge in [-0.1, -0.05) is 17.7 Å². The smallest absolute Gasteiger partial charge is 0.242 e. The second kappa shape index (κ2) is 9.52. The fourth-order valence-corrected chi connectivity index (χ4v) is 5.51. The Balaban J connectivity index is 1.66. The van der Waals surface area contributed by atoms with E-state index in [1.807, 2.05) is 0 Å². The summed E-state index contributed by atoms with van der Waals surface area (Å²) in [7, 11) is -3.93. The van der Waals surface area contributed by atoms with E-state index in [0.29, 0.717) is 36.8 Å².